The van der Waals surface area contributed by atoms with Gasteiger partial charge in [-0.2, -0.15) is 5.10 Å². The molecule has 0 unspecified atom stereocenters. The van der Waals surface area contributed by atoms with E-state index in [1.807, 2.05) is 13.0 Å². The largest absolute Gasteiger partial charge is 0.490 e. The molecule has 0 aliphatic rings. The van der Waals surface area contributed by atoms with E-state index in [2.05, 4.69) is 10.5 Å². The van der Waals surface area contributed by atoms with Crippen LogP contribution >= 0.6 is 0 Å². The van der Waals surface area contributed by atoms with Gasteiger partial charge in [0.2, 0.25) is 0 Å². The van der Waals surface area contributed by atoms with E-state index in [9.17, 15) is 14.0 Å². The fourth-order valence-electron chi connectivity index (χ4n) is 2.52. The summed E-state index contributed by atoms with van der Waals surface area (Å²) < 4.78 is 23.9. The SMILES string of the molecule is CCOc1cc(C=NNC(=O)c2ccc(F)cc2)ccc1OC(=O)c1ccccc1. The van der Waals surface area contributed by atoms with Crippen LogP contribution in [-0.2, 0) is 0 Å². The first-order valence-electron chi connectivity index (χ1n) is 9.20. The molecule has 6 nitrogen and oxygen atoms in total. The third-order valence-corrected chi connectivity index (χ3v) is 3.97. The van der Waals surface area contributed by atoms with E-state index >= 15 is 0 Å². The normalized spacial score (nSPS) is 10.6. The Bertz CT molecular complexity index is 1050. The number of benzene rings is 3. The van der Waals surface area contributed by atoms with Gasteiger partial charge in [-0.3, -0.25) is 4.79 Å². The highest BCUT2D eigenvalue weighted by Gasteiger charge is 2.13. The molecule has 0 radical (unpaired) electrons. The van der Waals surface area contributed by atoms with Crippen LogP contribution in [0.4, 0.5) is 4.39 Å². The summed E-state index contributed by atoms with van der Waals surface area (Å²) in [5, 5.41) is 3.90. The number of esters is 1. The van der Waals surface area contributed by atoms with Crippen LogP contribution < -0.4 is 14.9 Å². The third kappa shape index (κ3) is 5.51. The number of carbonyl (C=O) groups is 2. The minimum atomic E-state index is -0.496. The van der Waals surface area contributed by atoms with Crippen LogP contribution in [0.5, 0.6) is 11.5 Å². The minimum absolute atomic E-state index is 0.276. The van der Waals surface area contributed by atoms with Gasteiger partial charge >= 0.3 is 5.97 Å². The molecule has 30 heavy (non-hydrogen) atoms. The predicted octanol–water partition coefficient (Wildman–Crippen LogP) is 4.21. The van der Waals surface area contributed by atoms with Gasteiger partial charge in [-0.05, 0) is 67.1 Å². The summed E-state index contributed by atoms with van der Waals surface area (Å²) in [5.74, 6) is -0.741. The van der Waals surface area contributed by atoms with E-state index in [1.165, 1.54) is 30.5 Å². The summed E-state index contributed by atoms with van der Waals surface area (Å²) in [6, 6.07) is 18.7. The molecule has 3 rings (SSSR count). The molecule has 152 valence electrons. The fraction of sp³-hybridized carbons (Fsp3) is 0.0870. The zero-order chi connectivity index (χ0) is 21.3. The lowest BCUT2D eigenvalue weighted by Crippen LogP contribution is -2.17. The van der Waals surface area contributed by atoms with Gasteiger partial charge in [0.15, 0.2) is 11.5 Å². The summed E-state index contributed by atoms with van der Waals surface area (Å²) in [5.41, 5.74) is 3.70. The molecule has 3 aromatic rings. The Kier molecular flexibility index (Phi) is 6.89. The van der Waals surface area contributed by atoms with Crippen molar-refractivity contribution in [1.29, 1.82) is 0 Å². The van der Waals surface area contributed by atoms with Gasteiger partial charge in [0.25, 0.3) is 5.91 Å². The number of carbonyl (C=O) groups excluding carboxylic acids is 2. The first-order chi connectivity index (χ1) is 14.6. The number of rotatable bonds is 7. The molecular weight excluding hydrogens is 387 g/mol. The van der Waals surface area contributed by atoms with Crippen molar-refractivity contribution in [3.05, 3.63) is 95.3 Å². The van der Waals surface area contributed by atoms with Crippen molar-refractivity contribution in [2.75, 3.05) is 6.61 Å². The molecule has 3 aromatic carbocycles. The van der Waals surface area contributed by atoms with Gasteiger partial charge in [0.1, 0.15) is 5.82 Å². The second-order valence-corrected chi connectivity index (χ2v) is 6.10. The van der Waals surface area contributed by atoms with Crippen LogP contribution in [0, 0.1) is 5.82 Å². The zero-order valence-electron chi connectivity index (χ0n) is 16.2. The van der Waals surface area contributed by atoms with Crippen molar-refractivity contribution >= 4 is 18.1 Å². The molecule has 0 aromatic heterocycles. The first-order valence-corrected chi connectivity index (χ1v) is 9.20. The molecule has 0 aliphatic carbocycles. The second-order valence-electron chi connectivity index (χ2n) is 6.10. The molecule has 0 saturated heterocycles. The van der Waals surface area contributed by atoms with Crippen molar-refractivity contribution in [2.24, 2.45) is 5.10 Å². The lowest BCUT2D eigenvalue weighted by molar-refractivity contribution is 0.0728. The van der Waals surface area contributed by atoms with Gasteiger partial charge in [0, 0.05) is 5.56 Å². The molecule has 0 aliphatic heterocycles. The number of halogens is 1. The predicted molar refractivity (Wildman–Crippen MR) is 110 cm³/mol. The average molecular weight is 406 g/mol. The lowest BCUT2D eigenvalue weighted by atomic mass is 10.2. The van der Waals surface area contributed by atoms with Gasteiger partial charge in [0.05, 0.1) is 18.4 Å². The van der Waals surface area contributed by atoms with Gasteiger partial charge < -0.3 is 9.47 Å². The van der Waals surface area contributed by atoms with Crippen LogP contribution in [-0.4, -0.2) is 24.7 Å². The summed E-state index contributed by atoms with van der Waals surface area (Å²) in [7, 11) is 0. The standard InChI is InChI=1S/C23H19FN2O4/c1-2-29-21-14-16(15-25-26-22(27)17-9-11-19(24)12-10-17)8-13-20(21)30-23(28)18-6-4-3-5-7-18/h3-15H,2H2,1H3,(H,26,27). The Labute approximate surface area is 173 Å². The van der Waals surface area contributed by atoms with Gasteiger partial charge in [-0.25, -0.2) is 14.6 Å². The highest BCUT2D eigenvalue weighted by atomic mass is 19.1. The van der Waals surface area contributed by atoms with Crippen molar-refractivity contribution in [1.82, 2.24) is 5.43 Å². The molecule has 0 heterocycles. The fourth-order valence-corrected chi connectivity index (χ4v) is 2.52. The maximum absolute atomic E-state index is 12.9. The van der Waals surface area contributed by atoms with Crippen molar-refractivity contribution < 1.29 is 23.5 Å². The molecule has 0 bridgehead atoms. The summed E-state index contributed by atoms with van der Waals surface area (Å²) in [6.07, 6.45) is 1.42. The third-order valence-electron chi connectivity index (χ3n) is 3.97. The summed E-state index contributed by atoms with van der Waals surface area (Å²) in [6.45, 7) is 2.18. The topological polar surface area (TPSA) is 77.0 Å². The molecule has 0 fully saturated rings. The van der Waals surface area contributed by atoms with E-state index in [0.29, 0.717) is 23.5 Å². The monoisotopic (exact) mass is 406 g/mol. The Morgan fingerprint density at radius 2 is 1.70 bits per heavy atom. The van der Waals surface area contributed by atoms with Crippen LogP contribution in [0.3, 0.4) is 0 Å². The van der Waals surface area contributed by atoms with E-state index < -0.39 is 17.7 Å². The Hall–Kier alpha value is -4.00. The number of nitrogens with one attached hydrogen (secondary N) is 1. The van der Waals surface area contributed by atoms with E-state index in [0.717, 1.165) is 0 Å². The maximum Gasteiger partial charge on any atom is 0.343 e. The van der Waals surface area contributed by atoms with Gasteiger partial charge in [-0.15, -0.1) is 0 Å². The molecule has 0 spiro atoms. The van der Waals surface area contributed by atoms with E-state index in [1.54, 1.807) is 42.5 Å². The highest BCUT2D eigenvalue weighted by Crippen LogP contribution is 2.29. The number of amides is 1. The van der Waals surface area contributed by atoms with E-state index in [-0.39, 0.29) is 11.3 Å². The molecule has 0 saturated carbocycles. The average Bonchev–Trinajstić information content (AvgIpc) is 2.76. The minimum Gasteiger partial charge on any atom is -0.490 e. The number of ether oxygens (including phenoxy) is 2. The van der Waals surface area contributed by atoms with Crippen LogP contribution in [0.25, 0.3) is 0 Å². The van der Waals surface area contributed by atoms with E-state index in [4.69, 9.17) is 9.47 Å². The zero-order valence-corrected chi connectivity index (χ0v) is 16.2. The lowest BCUT2D eigenvalue weighted by Gasteiger charge is -2.11. The Balaban J connectivity index is 1.69. The van der Waals surface area contributed by atoms with Crippen LogP contribution in [0.2, 0.25) is 0 Å². The van der Waals surface area contributed by atoms with Crippen molar-refractivity contribution in [2.45, 2.75) is 6.92 Å². The van der Waals surface area contributed by atoms with Crippen molar-refractivity contribution in [3.8, 4) is 11.5 Å². The molecule has 1 amide bonds. The van der Waals surface area contributed by atoms with Gasteiger partial charge in [-0.1, -0.05) is 18.2 Å². The summed E-state index contributed by atoms with van der Waals surface area (Å²) in [4.78, 5) is 24.3. The Morgan fingerprint density at radius 3 is 2.40 bits per heavy atom. The quantitative estimate of drug-likeness (QED) is 0.276. The highest BCUT2D eigenvalue weighted by molar-refractivity contribution is 5.95. The summed E-state index contributed by atoms with van der Waals surface area (Å²) >= 11 is 0. The molecular formula is C23H19FN2O4. The Morgan fingerprint density at radius 1 is 0.967 bits per heavy atom. The maximum atomic E-state index is 12.9. The van der Waals surface area contributed by atoms with Crippen LogP contribution in [0.1, 0.15) is 33.2 Å². The second kappa shape index (κ2) is 9.97. The van der Waals surface area contributed by atoms with Crippen molar-refractivity contribution in [3.63, 3.8) is 0 Å². The van der Waals surface area contributed by atoms with Crippen LogP contribution in [0.15, 0.2) is 77.9 Å². The number of nitrogens with zero attached hydrogens (tertiary/aromatic N) is 1. The number of hydrazone groups is 1. The molecule has 7 heteroatoms. The molecule has 1 N–H and O–H groups in total. The smallest absolute Gasteiger partial charge is 0.343 e. The molecule has 0 atom stereocenters. The number of hydrogen-bond donors (Lipinski definition) is 1. The first kappa shape index (κ1) is 20.7. The number of hydrogen-bond acceptors (Lipinski definition) is 5.